The smallest absolute Gasteiger partial charge is 0.242 e. The monoisotopic (exact) mass is 293 g/mol. The molecule has 2 aliphatic heterocycles. The summed E-state index contributed by atoms with van der Waals surface area (Å²) in [5.74, 6) is 1.15. The molecule has 1 amide bonds. The molecule has 1 unspecified atom stereocenters. The molecule has 2 heterocycles. The van der Waals surface area contributed by atoms with Crippen LogP contribution in [0.5, 0.6) is 0 Å². The predicted octanol–water partition coefficient (Wildman–Crippen LogP) is 1.85. The first-order valence-corrected chi connectivity index (χ1v) is 8.87. The van der Waals surface area contributed by atoms with Crippen LogP contribution in [0.4, 0.5) is 0 Å². The van der Waals surface area contributed by atoms with E-state index < -0.39 is 0 Å². The van der Waals surface area contributed by atoms with Gasteiger partial charge in [0.05, 0.1) is 5.54 Å². The Morgan fingerprint density at radius 2 is 1.67 bits per heavy atom. The molecule has 0 aromatic carbocycles. The van der Waals surface area contributed by atoms with Gasteiger partial charge in [0.25, 0.3) is 0 Å². The molecule has 120 valence electrons. The van der Waals surface area contributed by atoms with Crippen molar-refractivity contribution < 1.29 is 4.79 Å². The Balaban J connectivity index is 1.70. The molecule has 3 fully saturated rings. The fraction of sp³-hybridized carbons (Fsp3) is 0.941. The van der Waals surface area contributed by atoms with E-state index >= 15 is 0 Å². The summed E-state index contributed by atoms with van der Waals surface area (Å²) >= 11 is 0. The number of nitrogens with one attached hydrogen (secondary N) is 1. The molecule has 1 aliphatic carbocycles. The first kappa shape index (κ1) is 15.3. The van der Waals surface area contributed by atoms with Crippen LogP contribution < -0.4 is 5.32 Å². The van der Waals surface area contributed by atoms with Crippen molar-refractivity contribution in [2.24, 2.45) is 5.92 Å². The second kappa shape index (κ2) is 6.25. The van der Waals surface area contributed by atoms with E-state index in [1.165, 1.54) is 38.5 Å². The summed E-state index contributed by atoms with van der Waals surface area (Å²) in [4.78, 5) is 17.8. The Hall–Kier alpha value is -0.610. The van der Waals surface area contributed by atoms with Crippen LogP contribution in [0.2, 0.25) is 0 Å². The number of hydrogen-bond acceptors (Lipinski definition) is 3. The minimum atomic E-state index is -0.344. The first-order valence-electron chi connectivity index (χ1n) is 8.87. The highest BCUT2D eigenvalue weighted by atomic mass is 16.2. The Morgan fingerprint density at radius 3 is 2.33 bits per heavy atom. The standard InChI is InChI=1S/C17H31N3O/c1-17(2,19-12-9-18-10-13-19)16(21)20-11-5-8-15(20)14-6-3-4-7-14/h14-15,18H,3-13H2,1-2H3. The molecular formula is C17H31N3O. The van der Waals surface area contributed by atoms with Crippen LogP contribution in [0.3, 0.4) is 0 Å². The topological polar surface area (TPSA) is 35.6 Å². The average molecular weight is 293 g/mol. The fourth-order valence-electron chi connectivity index (χ4n) is 4.59. The van der Waals surface area contributed by atoms with Gasteiger partial charge >= 0.3 is 0 Å². The minimum Gasteiger partial charge on any atom is -0.338 e. The molecule has 0 spiro atoms. The number of piperazine rings is 1. The number of amides is 1. The Labute approximate surface area is 129 Å². The Morgan fingerprint density at radius 1 is 1.00 bits per heavy atom. The maximum atomic E-state index is 13.2. The van der Waals surface area contributed by atoms with E-state index in [0.717, 1.165) is 38.6 Å². The van der Waals surface area contributed by atoms with E-state index in [4.69, 9.17) is 0 Å². The summed E-state index contributed by atoms with van der Waals surface area (Å²) in [6.45, 7) is 9.22. The summed E-state index contributed by atoms with van der Waals surface area (Å²) in [6, 6.07) is 0.530. The molecule has 4 heteroatoms. The molecule has 1 saturated carbocycles. The minimum absolute atomic E-state index is 0.344. The van der Waals surface area contributed by atoms with Crippen molar-refractivity contribution in [1.82, 2.24) is 15.1 Å². The number of hydrogen-bond donors (Lipinski definition) is 1. The molecular weight excluding hydrogens is 262 g/mol. The molecule has 21 heavy (non-hydrogen) atoms. The van der Waals surface area contributed by atoms with Crippen LogP contribution in [0.25, 0.3) is 0 Å². The van der Waals surface area contributed by atoms with Crippen LogP contribution in [0.15, 0.2) is 0 Å². The van der Waals surface area contributed by atoms with Gasteiger partial charge < -0.3 is 10.2 Å². The van der Waals surface area contributed by atoms with Gasteiger partial charge in [0.1, 0.15) is 0 Å². The Bertz CT molecular complexity index is 370. The summed E-state index contributed by atoms with van der Waals surface area (Å²) in [5.41, 5.74) is -0.344. The van der Waals surface area contributed by atoms with Gasteiger partial charge in [-0.2, -0.15) is 0 Å². The lowest BCUT2D eigenvalue weighted by Crippen LogP contribution is -2.61. The van der Waals surface area contributed by atoms with Crippen molar-refractivity contribution in [3.63, 3.8) is 0 Å². The lowest BCUT2D eigenvalue weighted by molar-refractivity contribution is -0.145. The first-order chi connectivity index (χ1) is 10.1. The summed E-state index contributed by atoms with van der Waals surface area (Å²) in [7, 11) is 0. The van der Waals surface area contributed by atoms with Crippen LogP contribution >= 0.6 is 0 Å². The molecule has 0 radical (unpaired) electrons. The largest absolute Gasteiger partial charge is 0.338 e. The van der Waals surface area contributed by atoms with Gasteiger partial charge in [0.2, 0.25) is 5.91 Å². The Kier molecular flexibility index (Phi) is 4.55. The van der Waals surface area contributed by atoms with Gasteiger partial charge in [-0.05, 0) is 45.4 Å². The normalized spacial score (nSPS) is 29.2. The maximum Gasteiger partial charge on any atom is 0.242 e. The van der Waals surface area contributed by atoms with E-state index in [9.17, 15) is 4.79 Å². The molecule has 1 atom stereocenters. The van der Waals surface area contributed by atoms with Crippen LogP contribution in [-0.4, -0.2) is 60.0 Å². The number of rotatable bonds is 3. The van der Waals surface area contributed by atoms with Crippen molar-refractivity contribution >= 4 is 5.91 Å². The van der Waals surface area contributed by atoms with E-state index in [1.807, 2.05) is 0 Å². The summed E-state index contributed by atoms with van der Waals surface area (Å²) in [5, 5.41) is 3.38. The highest BCUT2D eigenvalue weighted by Gasteiger charge is 2.43. The number of carbonyl (C=O) groups excluding carboxylic acids is 1. The van der Waals surface area contributed by atoms with Gasteiger partial charge in [-0.3, -0.25) is 9.69 Å². The van der Waals surface area contributed by atoms with Gasteiger partial charge in [0.15, 0.2) is 0 Å². The van der Waals surface area contributed by atoms with E-state index in [-0.39, 0.29) is 5.54 Å². The van der Waals surface area contributed by atoms with E-state index in [0.29, 0.717) is 11.9 Å². The quantitative estimate of drug-likeness (QED) is 0.862. The summed E-state index contributed by atoms with van der Waals surface area (Å²) in [6.07, 6.45) is 7.83. The maximum absolute atomic E-state index is 13.2. The molecule has 3 aliphatic rings. The fourth-order valence-corrected chi connectivity index (χ4v) is 4.59. The molecule has 0 aromatic heterocycles. The number of likely N-dealkylation sites (tertiary alicyclic amines) is 1. The third kappa shape index (κ3) is 2.98. The number of nitrogens with zero attached hydrogens (tertiary/aromatic N) is 2. The zero-order chi connectivity index (χ0) is 14.9. The zero-order valence-corrected chi connectivity index (χ0v) is 13.7. The van der Waals surface area contributed by atoms with Crippen molar-refractivity contribution in [1.29, 1.82) is 0 Å². The lowest BCUT2D eigenvalue weighted by Gasteiger charge is -2.43. The SMILES string of the molecule is CC(C)(C(=O)N1CCCC1C1CCCC1)N1CCNCC1. The highest BCUT2D eigenvalue weighted by Crippen LogP contribution is 2.36. The van der Waals surface area contributed by atoms with E-state index in [2.05, 4.69) is 29.0 Å². The second-order valence-electron chi connectivity index (χ2n) is 7.55. The molecule has 1 N–H and O–H groups in total. The van der Waals surface area contributed by atoms with Crippen LogP contribution in [0.1, 0.15) is 52.4 Å². The zero-order valence-electron chi connectivity index (χ0n) is 13.7. The third-order valence-electron chi connectivity index (χ3n) is 5.94. The summed E-state index contributed by atoms with van der Waals surface area (Å²) < 4.78 is 0. The molecule has 3 rings (SSSR count). The van der Waals surface area contributed by atoms with Crippen molar-refractivity contribution in [2.75, 3.05) is 32.7 Å². The van der Waals surface area contributed by atoms with Crippen molar-refractivity contribution in [2.45, 2.75) is 64.0 Å². The molecule has 4 nitrogen and oxygen atoms in total. The van der Waals surface area contributed by atoms with Gasteiger partial charge in [-0.25, -0.2) is 0 Å². The lowest BCUT2D eigenvalue weighted by atomic mass is 9.93. The van der Waals surface area contributed by atoms with Gasteiger partial charge in [-0.1, -0.05) is 12.8 Å². The second-order valence-corrected chi connectivity index (χ2v) is 7.55. The highest BCUT2D eigenvalue weighted by molar-refractivity contribution is 5.86. The van der Waals surface area contributed by atoms with Gasteiger partial charge in [-0.15, -0.1) is 0 Å². The van der Waals surface area contributed by atoms with Crippen molar-refractivity contribution in [3.8, 4) is 0 Å². The molecule has 2 saturated heterocycles. The third-order valence-corrected chi connectivity index (χ3v) is 5.94. The van der Waals surface area contributed by atoms with Crippen LogP contribution in [0, 0.1) is 5.92 Å². The van der Waals surface area contributed by atoms with Gasteiger partial charge in [0, 0.05) is 38.8 Å². The molecule has 0 bridgehead atoms. The predicted molar refractivity (Wildman–Crippen MR) is 85.2 cm³/mol. The van der Waals surface area contributed by atoms with E-state index in [1.54, 1.807) is 0 Å². The van der Waals surface area contributed by atoms with Crippen LogP contribution in [-0.2, 0) is 4.79 Å². The average Bonchev–Trinajstić information content (AvgIpc) is 3.18. The number of carbonyl (C=O) groups is 1. The van der Waals surface area contributed by atoms with Crippen molar-refractivity contribution in [3.05, 3.63) is 0 Å². The molecule has 0 aromatic rings.